The SMILES string of the molecule is CCSCC(C)NC(=O)C1(c2ccc(N)cc2)CC1. The van der Waals surface area contributed by atoms with Crippen LogP contribution in [0.25, 0.3) is 0 Å². The summed E-state index contributed by atoms with van der Waals surface area (Å²) >= 11 is 1.86. The molecule has 0 aliphatic heterocycles. The van der Waals surface area contributed by atoms with Gasteiger partial charge in [0.05, 0.1) is 5.41 Å². The minimum absolute atomic E-state index is 0.168. The first-order chi connectivity index (χ1) is 9.08. The van der Waals surface area contributed by atoms with Crippen LogP contribution in [-0.4, -0.2) is 23.5 Å². The third-order valence-electron chi connectivity index (χ3n) is 3.60. The van der Waals surface area contributed by atoms with Crippen LogP contribution in [0.5, 0.6) is 0 Å². The van der Waals surface area contributed by atoms with Gasteiger partial charge in [-0.1, -0.05) is 19.1 Å². The van der Waals surface area contributed by atoms with Gasteiger partial charge >= 0.3 is 0 Å². The van der Waals surface area contributed by atoms with Crippen molar-refractivity contribution in [2.45, 2.75) is 38.1 Å². The molecule has 104 valence electrons. The fraction of sp³-hybridized carbons (Fsp3) is 0.533. The average molecular weight is 278 g/mol. The van der Waals surface area contributed by atoms with E-state index in [1.807, 2.05) is 36.0 Å². The molecule has 3 nitrogen and oxygen atoms in total. The number of nitrogens with two attached hydrogens (primary N) is 1. The highest BCUT2D eigenvalue weighted by molar-refractivity contribution is 7.99. The summed E-state index contributed by atoms with van der Waals surface area (Å²) in [5.74, 6) is 2.23. The van der Waals surface area contributed by atoms with E-state index in [0.717, 1.165) is 35.6 Å². The highest BCUT2D eigenvalue weighted by Gasteiger charge is 2.51. The molecule has 0 bridgehead atoms. The number of nitrogen functional groups attached to an aromatic ring is 1. The van der Waals surface area contributed by atoms with E-state index in [2.05, 4.69) is 19.2 Å². The highest BCUT2D eigenvalue weighted by Crippen LogP contribution is 2.48. The Morgan fingerprint density at radius 2 is 2.05 bits per heavy atom. The monoisotopic (exact) mass is 278 g/mol. The zero-order chi connectivity index (χ0) is 13.9. The van der Waals surface area contributed by atoms with Gasteiger partial charge in [0, 0.05) is 17.5 Å². The molecule has 0 spiro atoms. The van der Waals surface area contributed by atoms with Crippen LogP contribution in [-0.2, 0) is 10.2 Å². The summed E-state index contributed by atoms with van der Waals surface area (Å²) in [5, 5.41) is 3.14. The van der Waals surface area contributed by atoms with Crippen molar-refractivity contribution in [3.05, 3.63) is 29.8 Å². The predicted octanol–water partition coefficient (Wildman–Crippen LogP) is 2.56. The Hall–Kier alpha value is -1.16. The normalized spacial score (nSPS) is 17.8. The van der Waals surface area contributed by atoms with Gasteiger partial charge in [-0.3, -0.25) is 4.79 Å². The van der Waals surface area contributed by atoms with Crippen molar-refractivity contribution in [1.82, 2.24) is 5.32 Å². The summed E-state index contributed by atoms with van der Waals surface area (Å²) in [6, 6.07) is 7.93. The van der Waals surface area contributed by atoms with Gasteiger partial charge in [0.25, 0.3) is 0 Å². The van der Waals surface area contributed by atoms with Crippen molar-refractivity contribution in [1.29, 1.82) is 0 Å². The van der Waals surface area contributed by atoms with E-state index in [9.17, 15) is 4.79 Å². The largest absolute Gasteiger partial charge is 0.399 e. The smallest absolute Gasteiger partial charge is 0.230 e. The predicted molar refractivity (Wildman–Crippen MR) is 82.4 cm³/mol. The maximum absolute atomic E-state index is 12.4. The first kappa shape index (κ1) is 14.3. The summed E-state index contributed by atoms with van der Waals surface area (Å²) in [6.07, 6.45) is 1.88. The maximum atomic E-state index is 12.4. The number of amides is 1. The van der Waals surface area contributed by atoms with Crippen LogP contribution < -0.4 is 11.1 Å². The lowest BCUT2D eigenvalue weighted by Crippen LogP contribution is -2.41. The van der Waals surface area contributed by atoms with E-state index in [4.69, 9.17) is 5.73 Å². The molecule has 1 aliphatic rings. The van der Waals surface area contributed by atoms with Gasteiger partial charge in [-0.25, -0.2) is 0 Å². The third-order valence-corrected chi connectivity index (χ3v) is 4.74. The van der Waals surface area contributed by atoms with Crippen LogP contribution in [0.3, 0.4) is 0 Å². The van der Waals surface area contributed by atoms with Crippen molar-refractivity contribution >= 4 is 23.4 Å². The molecule has 1 fully saturated rings. The van der Waals surface area contributed by atoms with Crippen molar-refractivity contribution in [2.75, 3.05) is 17.2 Å². The Kier molecular flexibility index (Phi) is 4.40. The van der Waals surface area contributed by atoms with Crippen molar-refractivity contribution in [3.63, 3.8) is 0 Å². The summed E-state index contributed by atoms with van der Waals surface area (Å²) < 4.78 is 0. The summed E-state index contributed by atoms with van der Waals surface area (Å²) in [5.41, 5.74) is 7.24. The fourth-order valence-electron chi connectivity index (χ4n) is 2.27. The van der Waals surface area contributed by atoms with Crippen LogP contribution in [0.2, 0.25) is 0 Å². The highest BCUT2D eigenvalue weighted by atomic mass is 32.2. The molecule has 0 saturated heterocycles. The molecule has 1 aromatic rings. The van der Waals surface area contributed by atoms with E-state index in [0.29, 0.717) is 0 Å². The maximum Gasteiger partial charge on any atom is 0.230 e. The standard InChI is InChI=1S/C15H22N2OS/c1-3-19-10-11(2)17-14(18)15(8-9-15)12-4-6-13(16)7-5-12/h4-7,11H,3,8-10,16H2,1-2H3,(H,17,18). The van der Waals surface area contributed by atoms with E-state index in [1.54, 1.807) is 0 Å². The Morgan fingerprint density at radius 1 is 1.42 bits per heavy atom. The molecule has 1 saturated carbocycles. The molecular formula is C15H22N2OS. The molecule has 4 heteroatoms. The lowest BCUT2D eigenvalue weighted by molar-refractivity contribution is -0.124. The number of anilines is 1. The number of carbonyl (C=O) groups is 1. The third kappa shape index (κ3) is 3.24. The second kappa shape index (κ2) is 5.87. The molecule has 3 N–H and O–H groups in total. The van der Waals surface area contributed by atoms with E-state index < -0.39 is 0 Å². The van der Waals surface area contributed by atoms with Crippen molar-refractivity contribution in [3.8, 4) is 0 Å². The Morgan fingerprint density at radius 3 is 2.58 bits per heavy atom. The van der Waals surface area contributed by atoms with Gasteiger partial charge in [-0.15, -0.1) is 0 Å². The Balaban J connectivity index is 2.00. The van der Waals surface area contributed by atoms with E-state index in [-0.39, 0.29) is 17.4 Å². The molecule has 2 rings (SSSR count). The number of benzene rings is 1. The van der Waals surface area contributed by atoms with Gasteiger partial charge < -0.3 is 11.1 Å². The van der Waals surface area contributed by atoms with E-state index in [1.165, 1.54) is 0 Å². The summed E-state index contributed by atoms with van der Waals surface area (Å²) in [6.45, 7) is 4.20. The minimum Gasteiger partial charge on any atom is -0.399 e. The zero-order valence-corrected chi connectivity index (χ0v) is 12.4. The number of nitrogens with one attached hydrogen (secondary N) is 1. The first-order valence-corrected chi connectivity index (χ1v) is 7.98. The molecular weight excluding hydrogens is 256 g/mol. The molecule has 0 aromatic heterocycles. The molecule has 0 radical (unpaired) electrons. The lowest BCUT2D eigenvalue weighted by Gasteiger charge is -2.20. The molecule has 1 amide bonds. The van der Waals surface area contributed by atoms with Gasteiger partial charge in [0.2, 0.25) is 5.91 Å². The fourth-order valence-corrected chi connectivity index (χ4v) is 2.94. The molecule has 1 atom stereocenters. The van der Waals surface area contributed by atoms with Crippen molar-refractivity contribution < 1.29 is 4.79 Å². The van der Waals surface area contributed by atoms with Crippen LogP contribution in [0.4, 0.5) is 5.69 Å². The number of hydrogen-bond donors (Lipinski definition) is 2. The second-order valence-corrected chi connectivity index (χ2v) is 6.56. The second-order valence-electron chi connectivity index (χ2n) is 5.24. The summed E-state index contributed by atoms with van der Waals surface area (Å²) in [4.78, 5) is 12.4. The van der Waals surface area contributed by atoms with Gasteiger partial charge in [-0.2, -0.15) is 11.8 Å². The molecule has 1 aliphatic carbocycles. The number of hydrogen-bond acceptors (Lipinski definition) is 3. The van der Waals surface area contributed by atoms with Crippen LogP contribution in [0.15, 0.2) is 24.3 Å². The van der Waals surface area contributed by atoms with E-state index >= 15 is 0 Å². The average Bonchev–Trinajstić information content (AvgIpc) is 3.18. The molecule has 0 heterocycles. The molecule has 1 unspecified atom stereocenters. The number of thioether (sulfide) groups is 1. The van der Waals surface area contributed by atoms with Crippen molar-refractivity contribution in [2.24, 2.45) is 0 Å². The van der Waals surface area contributed by atoms with Gasteiger partial charge in [0.15, 0.2) is 0 Å². The van der Waals surface area contributed by atoms with Crippen LogP contribution >= 0.6 is 11.8 Å². The van der Waals surface area contributed by atoms with Gasteiger partial charge in [0.1, 0.15) is 0 Å². The number of rotatable bonds is 6. The quantitative estimate of drug-likeness (QED) is 0.786. The van der Waals surface area contributed by atoms with Crippen LogP contribution in [0, 0.1) is 0 Å². The lowest BCUT2D eigenvalue weighted by atomic mass is 9.94. The number of carbonyl (C=O) groups excluding carboxylic acids is 1. The molecule has 1 aromatic carbocycles. The van der Waals surface area contributed by atoms with Crippen LogP contribution in [0.1, 0.15) is 32.3 Å². The Labute approximate surface area is 119 Å². The Bertz CT molecular complexity index is 440. The summed E-state index contributed by atoms with van der Waals surface area (Å²) in [7, 11) is 0. The topological polar surface area (TPSA) is 55.1 Å². The first-order valence-electron chi connectivity index (χ1n) is 6.83. The van der Waals surface area contributed by atoms with Gasteiger partial charge in [-0.05, 0) is 43.2 Å². The minimum atomic E-state index is -0.293. The molecule has 19 heavy (non-hydrogen) atoms. The zero-order valence-electron chi connectivity index (χ0n) is 11.6.